The summed E-state index contributed by atoms with van der Waals surface area (Å²) in [5.41, 5.74) is 6.98. The third-order valence-electron chi connectivity index (χ3n) is 11.0. The molecule has 14 nitrogen and oxygen atoms in total. The van der Waals surface area contributed by atoms with Crippen molar-refractivity contribution in [2.75, 3.05) is 29.3 Å². The Morgan fingerprint density at radius 1 is 0.677 bits per heavy atom. The van der Waals surface area contributed by atoms with Crippen LogP contribution in [-0.4, -0.2) is 94.1 Å². The smallest absolute Gasteiger partial charge is 0.410 e. The zero-order chi connectivity index (χ0) is 48.1. The summed E-state index contributed by atoms with van der Waals surface area (Å²) < 4.78 is 50.2. The maximum absolute atomic E-state index is 13.4. The molecule has 4 atom stereocenters. The zero-order valence-corrected chi connectivity index (χ0v) is 40.4. The van der Waals surface area contributed by atoms with Crippen LogP contribution in [0.5, 0.6) is 11.5 Å². The topological polar surface area (TPSA) is 190 Å². The molecule has 15 heteroatoms. The van der Waals surface area contributed by atoms with Gasteiger partial charge in [-0.15, -0.1) is 0 Å². The van der Waals surface area contributed by atoms with Gasteiger partial charge < -0.3 is 34.9 Å². The van der Waals surface area contributed by atoms with E-state index in [4.69, 9.17) is 24.7 Å². The molecule has 4 aromatic rings. The van der Waals surface area contributed by atoms with E-state index in [0.29, 0.717) is 54.4 Å². The molecule has 2 amide bonds. The van der Waals surface area contributed by atoms with Crippen molar-refractivity contribution in [2.45, 2.75) is 136 Å². The number of benzene rings is 4. The van der Waals surface area contributed by atoms with Crippen LogP contribution < -0.4 is 19.9 Å². The molecular weight excluding hydrogens is 849 g/mol. The highest BCUT2D eigenvalue weighted by Gasteiger charge is 2.49. The van der Waals surface area contributed by atoms with Gasteiger partial charge in [-0.25, -0.2) is 18.0 Å². The van der Waals surface area contributed by atoms with E-state index in [1.165, 1.54) is 0 Å². The van der Waals surface area contributed by atoms with Crippen LogP contribution in [-0.2, 0) is 32.3 Å². The summed E-state index contributed by atoms with van der Waals surface area (Å²) >= 11 is 0. The van der Waals surface area contributed by atoms with Crippen molar-refractivity contribution in [1.29, 1.82) is 0 Å². The Bertz CT molecular complexity index is 2360. The van der Waals surface area contributed by atoms with Crippen molar-refractivity contribution in [1.82, 2.24) is 9.80 Å². The van der Waals surface area contributed by atoms with Gasteiger partial charge in [-0.3, -0.25) is 14.5 Å². The fraction of sp³-hybridized carbons (Fsp3) is 0.480. The van der Waals surface area contributed by atoms with Gasteiger partial charge in [0.05, 0.1) is 23.5 Å². The zero-order valence-electron chi connectivity index (χ0n) is 39.6. The molecule has 0 spiro atoms. The highest BCUT2D eigenvalue weighted by Crippen LogP contribution is 2.46. The lowest BCUT2D eigenvalue weighted by Crippen LogP contribution is -2.55. The number of aliphatic hydroxyl groups excluding tert-OH is 2. The number of carbonyl (C=O) groups excluding carboxylic acids is 2. The number of fused-ring (bicyclic) bond motifs is 2. The third kappa shape index (κ3) is 13.3. The Morgan fingerprint density at radius 2 is 1.08 bits per heavy atom. The Balaban J connectivity index is 0.000000247. The predicted molar refractivity (Wildman–Crippen MR) is 253 cm³/mol. The van der Waals surface area contributed by atoms with Crippen molar-refractivity contribution in [2.24, 2.45) is 0 Å². The number of hydrogen-bond acceptors (Lipinski definition) is 11. The number of carbonyl (C=O) groups is 2. The van der Waals surface area contributed by atoms with Crippen LogP contribution in [0, 0.1) is 0 Å². The van der Waals surface area contributed by atoms with Crippen LogP contribution in [0.25, 0.3) is 0 Å². The van der Waals surface area contributed by atoms with E-state index in [9.17, 15) is 28.2 Å². The second-order valence-corrected chi connectivity index (χ2v) is 21.6. The lowest BCUT2D eigenvalue weighted by Gasteiger charge is -2.46. The molecule has 0 saturated carbocycles. The van der Waals surface area contributed by atoms with Gasteiger partial charge >= 0.3 is 12.2 Å². The number of nitrogens with two attached hydrogens (primary N) is 1. The maximum atomic E-state index is 13.4. The highest BCUT2D eigenvalue weighted by atomic mass is 32.2. The molecular formula is C50H68N4O10S. The van der Waals surface area contributed by atoms with Gasteiger partial charge in [0.15, 0.2) is 0 Å². The Hall–Kier alpha value is -5.51. The number of rotatable bonds is 11. The lowest BCUT2D eigenvalue weighted by atomic mass is 9.85. The number of hydrogen-bond donors (Lipinski definition) is 4. The Kier molecular flexibility index (Phi) is 15.5. The minimum absolute atomic E-state index is 0.0658. The molecule has 0 bridgehead atoms. The molecule has 4 aromatic carbocycles. The van der Waals surface area contributed by atoms with E-state index < -0.39 is 68.9 Å². The molecule has 5 N–H and O–H groups in total. The predicted octanol–water partition coefficient (Wildman–Crippen LogP) is 8.82. The summed E-state index contributed by atoms with van der Waals surface area (Å²) in [6.45, 7) is 20.2. The average Bonchev–Trinajstić information content (AvgIpc) is 3.20. The molecule has 65 heavy (non-hydrogen) atoms. The molecule has 0 unspecified atom stereocenters. The molecule has 0 aliphatic carbocycles. The minimum Gasteiger partial charge on any atom is -0.485 e. The average molecular weight is 917 g/mol. The standard InChI is InChI=1S/C26H36N2O6S.C24H32N2O4/c1-7-35(31,32)27-19-13-14-20-21(17-19)33-26(5,6)23(29)22(20)28(24(30)34-25(2,3)4)16-15-18-11-9-8-10-12-18;1-23(2,3)30-22(28)26(14-13-16-9-7-6-8-10-16)20-18-12-11-17(25)15-19(18)29-24(4,5)21(20)27/h8-14,17,22-23,27,29H,7,15-16H2,1-6H3;6-12,15,20-21,27H,13-14,25H2,1-5H3/t22-,23+;20-,21+/m00/s1. The second kappa shape index (κ2) is 19.9. The van der Waals surface area contributed by atoms with E-state index in [-0.39, 0.29) is 5.75 Å². The first-order chi connectivity index (χ1) is 30.2. The van der Waals surface area contributed by atoms with Gasteiger partial charge in [-0.1, -0.05) is 72.8 Å². The summed E-state index contributed by atoms with van der Waals surface area (Å²) in [7, 11) is -3.48. The normalized spacial score (nSPS) is 19.6. The molecule has 6 rings (SSSR count). The molecule has 0 radical (unpaired) electrons. The molecule has 0 fully saturated rings. The number of nitrogens with one attached hydrogen (secondary N) is 1. The van der Waals surface area contributed by atoms with Gasteiger partial charge in [0.1, 0.15) is 46.1 Å². The first-order valence-electron chi connectivity index (χ1n) is 22.1. The van der Waals surface area contributed by atoms with Crippen molar-refractivity contribution < 1.29 is 47.2 Å². The van der Waals surface area contributed by atoms with Gasteiger partial charge in [0.2, 0.25) is 10.0 Å². The van der Waals surface area contributed by atoms with Crippen molar-refractivity contribution >= 4 is 33.6 Å². The van der Waals surface area contributed by atoms with Crippen LogP contribution in [0.3, 0.4) is 0 Å². The van der Waals surface area contributed by atoms with Crippen LogP contribution in [0.4, 0.5) is 21.0 Å². The number of nitrogen functional groups attached to an aromatic ring is 1. The molecule has 2 heterocycles. The lowest BCUT2D eigenvalue weighted by molar-refractivity contribution is -0.0939. The molecule has 354 valence electrons. The van der Waals surface area contributed by atoms with Crippen molar-refractivity contribution in [3.8, 4) is 11.5 Å². The fourth-order valence-electron chi connectivity index (χ4n) is 7.65. The first kappa shape index (κ1) is 50.5. The molecule has 2 aliphatic heterocycles. The third-order valence-corrected chi connectivity index (χ3v) is 12.3. The molecule has 0 aromatic heterocycles. The van der Waals surface area contributed by atoms with Gasteiger partial charge in [-0.2, -0.15) is 0 Å². The first-order valence-corrected chi connectivity index (χ1v) is 23.7. The largest absolute Gasteiger partial charge is 0.485 e. The summed E-state index contributed by atoms with van der Waals surface area (Å²) in [5, 5.41) is 22.6. The number of sulfonamides is 1. The fourth-order valence-corrected chi connectivity index (χ4v) is 8.28. The van der Waals surface area contributed by atoms with E-state index in [1.54, 1.807) is 95.5 Å². The van der Waals surface area contributed by atoms with Crippen molar-refractivity contribution in [3.05, 3.63) is 119 Å². The van der Waals surface area contributed by atoms with Gasteiger partial charge in [-0.05, 0) is 112 Å². The van der Waals surface area contributed by atoms with E-state index in [0.717, 1.165) is 16.7 Å². The summed E-state index contributed by atoms with van der Waals surface area (Å²) in [5.74, 6) is 0.905. The highest BCUT2D eigenvalue weighted by molar-refractivity contribution is 7.92. The molecule has 0 saturated heterocycles. The minimum atomic E-state index is -3.48. The SMILES string of the molecule is CC(C)(C)OC(=O)N(CCc1ccccc1)[C@H]1c2ccc(N)cc2OC(C)(C)[C@@H]1O.CCS(=O)(=O)Nc1ccc2c(c1)OC(C)(C)[C@H](O)[C@H]2N(CCc1ccccc1)C(=O)OC(C)(C)C. The maximum Gasteiger partial charge on any atom is 0.410 e. The number of ether oxygens (including phenoxy) is 4. The monoisotopic (exact) mass is 916 g/mol. The number of nitrogens with zero attached hydrogens (tertiary/aromatic N) is 2. The Labute approximate surface area is 385 Å². The van der Waals surface area contributed by atoms with E-state index in [2.05, 4.69) is 4.72 Å². The second-order valence-electron chi connectivity index (χ2n) is 19.6. The van der Waals surface area contributed by atoms with Crippen LogP contribution >= 0.6 is 0 Å². The summed E-state index contributed by atoms with van der Waals surface area (Å²) in [6.07, 6.45) is -1.82. The summed E-state index contributed by atoms with van der Waals surface area (Å²) in [4.78, 5) is 29.8. The van der Waals surface area contributed by atoms with Gasteiger partial charge in [0, 0.05) is 42.0 Å². The quantitative estimate of drug-likeness (QED) is 0.105. The molecule has 2 aliphatic rings. The number of aliphatic hydroxyl groups is 2. The van der Waals surface area contributed by atoms with Crippen LogP contribution in [0.15, 0.2) is 97.1 Å². The van der Waals surface area contributed by atoms with Gasteiger partial charge in [0.25, 0.3) is 0 Å². The van der Waals surface area contributed by atoms with Crippen LogP contribution in [0.2, 0.25) is 0 Å². The number of anilines is 2. The Morgan fingerprint density at radius 3 is 1.48 bits per heavy atom. The van der Waals surface area contributed by atoms with Crippen molar-refractivity contribution in [3.63, 3.8) is 0 Å². The number of amides is 2. The van der Waals surface area contributed by atoms with E-state index in [1.807, 2.05) is 87.5 Å². The summed E-state index contributed by atoms with van der Waals surface area (Å²) in [6, 6.07) is 28.5. The van der Waals surface area contributed by atoms with Crippen LogP contribution in [0.1, 0.15) is 110 Å². The van der Waals surface area contributed by atoms with E-state index >= 15 is 0 Å².